The van der Waals surface area contributed by atoms with E-state index >= 15 is 0 Å². The number of hydrogen-bond donors (Lipinski definition) is 2. The number of aryl methyl sites for hydroxylation is 1. The van der Waals surface area contributed by atoms with Gasteiger partial charge in [0, 0.05) is 6.04 Å². The van der Waals surface area contributed by atoms with Gasteiger partial charge in [-0.1, -0.05) is 30.3 Å². The Morgan fingerprint density at radius 3 is 2.55 bits per heavy atom. The number of nitrogens with two attached hydrogens (primary N) is 1. The lowest BCUT2D eigenvalue weighted by Gasteiger charge is -2.30. The van der Waals surface area contributed by atoms with Gasteiger partial charge < -0.3 is 20.5 Å². The first-order valence-electron chi connectivity index (χ1n) is 10.2. The number of fused-ring (bicyclic) bond motifs is 1. The van der Waals surface area contributed by atoms with Gasteiger partial charge in [0.25, 0.3) is 0 Å². The molecule has 0 radical (unpaired) electrons. The molecule has 1 atom stereocenters. The van der Waals surface area contributed by atoms with Gasteiger partial charge in [-0.3, -0.25) is 4.79 Å². The number of amides is 1. The smallest absolute Gasteiger partial charge is 0.233 e. The molecule has 1 fully saturated rings. The summed E-state index contributed by atoms with van der Waals surface area (Å²) in [5.74, 6) is 1.79. The van der Waals surface area contributed by atoms with Crippen molar-refractivity contribution in [2.75, 3.05) is 6.54 Å². The van der Waals surface area contributed by atoms with E-state index in [-0.39, 0.29) is 43.1 Å². The van der Waals surface area contributed by atoms with Crippen LogP contribution < -0.4 is 20.5 Å². The van der Waals surface area contributed by atoms with Gasteiger partial charge in [0.15, 0.2) is 0 Å². The van der Waals surface area contributed by atoms with Crippen LogP contribution >= 0.6 is 12.4 Å². The minimum atomic E-state index is -0.0761. The van der Waals surface area contributed by atoms with E-state index < -0.39 is 0 Å². The van der Waals surface area contributed by atoms with E-state index in [9.17, 15) is 4.79 Å². The van der Waals surface area contributed by atoms with Crippen molar-refractivity contribution < 1.29 is 14.3 Å². The van der Waals surface area contributed by atoms with Crippen molar-refractivity contribution in [1.82, 2.24) is 5.32 Å². The van der Waals surface area contributed by atoms with Crippen molar-refractivity contribution in [3.63, 3.8) is 0 Å². The first-order chi connectivity index (χ1) is 13.7. The molecule has 156 valence electrons. The lowest BCUT2D eigenvalue weighted by Crippen LogP contribution is -2.42. The van der Waals surface area contributed by atoms with Gasteiger partial charge in [-0.05, 0) is 67.9 Å². The van der Waals surface area contributed by atoms with Gasteiger partial charge in [0.05, 0.1) is 12.6 Å². The highest BCUT2D eigenvalue weighted by Gasteiger charge is 2.25. The van der Waals surface area contributed by atoms with E-state index in [0.717, 1.165) is 50.0 Å². The predicted octanol–water partition coefficient (Wildman–Crippen LogP) is 3.94. The zero-order valence-electron chi connectivity index (χ0n) is 16.5. The molecule has 5 nitrogen and oxygen atoms in total. The number of rotatable bonds is 5. The Balaban J connectivity index is 0.00000240. The van der Waals surface area contributed by atoms with Gasteiger partial charge in [0.1, 0.15) is 17.6 Å². The minimum absolute atomic E-state index is 0. The average Bonchev–Trinajstić information content (AvgIpc) is 2.75. The summed E-state index contributed by atoms with van der Waals surface area (Å²) in [7, 11) is 0. The standard InChI is InChI=1S/C23H28N2O3.ClH/c24-15-23(26)25-18-7-9-19(10-8-18)27-20-11-13-22-17(14-20)6-12-21(28-22)16-4-2-1-3-5-16;/h1-5,11,13-14,18-19,21H,6-10,12,15,24H2,(H,25,26);1H/t18-,19-,21-;/m0./s1. The molecule has 3 N–H and O–H groups in total. The fourth-order valence-corrected chi connectivity index (χ4v) is 4.14. The van der Waals surface area contributed by atoms with Crippen LogP contribution in [0.4, 0.5) is 0 Å². The molecule has 1 aliphatic heterocycles. The highest BCUT2D eigenvalue weighted by Crippen LogP contribution is 2.37. The predicted molar refractivity (Wildman–Crippen MR) is 116 cm³/mol. The van der Waals surface area contributed by atoms with E-state index in [0.29, 0.717) is 0 Å². The number of carbonyl (C=O) groups is 1. The maximum atomic E-state index is 11.4. The number of halogens is 1. The molecule has 0 bridgehead atoms. The van der Waals surface area contributed by atoms with Gasteiger partial charge in [-0.25, -0.2) is 0 Å². The summed E-state index contributed by atoms with van der Waals surface area (Å²) in [6.45, 7) is 0.0543. The fourth-order valence-electron chi connectivity index (χ4n) is 4.14. The van der Waals surface area contributed by atoms with Crippen LogP contribution in [-0.4, -0.2) is 24.6 Å². The second-order valence-electron chi connectivity index (χ2n) is 7.69. The van der Waals surface area contributed by atoms with Crippen LogP contribution in [0.5, 0.6) is 11.5 Å². The molecule has 0 aromatic heterocycles. The van der Waals surface area contributed by atoms with Crippen LogP contribution in [-0.2, 0) is 11.2 Å². The van der Waals surface area contributed by atoms with E-state index in [4.69, 9.17) is 15.2 Å². The SMILES string of the molecule is Cl.NCC(=O)N[C@H]1CC[C@H](Oc2ccc3c(c2)CC[C@@H](c2ccccc2)O3)CC1. The summed E-state index contributed by atoms with van der Waals surface area (Å²) in [5, 5.41) is 2.98. The second kappa shape index (κ2) is 9.99. The highest BCUT2D eigenvalue weighted by atomic mass is 35.5. The number of benzene rings is 2. The number of ether oxygens (including phenoxy) is 2. The summed E-state index contributed by atoms with van der Waals surface area (Å²) >= 11 is 0. The second-order valence-corrected chi connectivity index (χ2v) is 7.69. The van der Waals surface area contributed by atoms with Crippen LogP contribution in [0.1, 0.15) is 49.3 Å². The molecular formula is C23H29ClN2O3. The quantitative estimate of drug-likeness (QED) is 0.774. The Morgan fingerprint density at radius 2 is 1.83 bits per heavy atom. The third-order valence-electron chi connectivity index (χ3n) is 5.68. The zero-order valence-corrected chi connectivity index (χ0v) is 17.3. The van der Waals surface area contributed by atoms with E-state index in [1.807, 2.05) is 18.2 Å². The lowest BCUT2D eigenvalue weighted by atomic mass is 9.92. The number of nitrogens with one attached hydrogen (secondary N) is 1. The van der Waals surface area contributed by atoms with Crippen LogP contribution in [0.2, 0.25) is 0 Å². The Morgan fingerprint density at radius 1 is 1.07 bits per heavy atom. The lowest BCUT2D eigenvalue weighted by molar-refractivity contribution is -0.120. The summed E-state index contributed by atoms with van der Waals surface area (Å²) < 4.78 is 12.4. The molecule has 0 saturated heterocycles. The normalized spacial score (nSPS) is 23.1. The molecular weight excluding hydrogens is 388 g/mol. The Hall–Kier alpha value is -2.24. The molecule has 4 rings (SSSR count). The maximum Gasteiger partial charge on any atom is 0.233 e. The molecule has 1 saturated carbocycles. The highest BCUT2D eigenvalue weighted by molar-refractivity contribution is 5.85. The van der Waals surface area contributed by atoms with Gasteiger partial charge in [0.2, 0.25) is 5.91 Å². The van der Waals surface area contributed by atoms with Crippen molar-refractivity contribution >= 4 is 18.3 Å². The van der Waals surface area contributed by atoms with E-state index in [1.54, 1.807) is 0 Å². The fraction of sp³-hybridized carbons (Fsp3) is 0.435. The first kappa shape index (κ1) is 21.5. The van der Waals surface area contributed by atoms with Crippen molar-refractivity contribution in [1.29, 1.82) is 0 Å². The minimum Gasteiger partial charge on any atom is -0.490 e. The Labute approximate surface area is 178 Å². The zero-order chi connectivity index (χ0) is 19.3. The molecule has 6 heteroatoms. The summed E-state index contributed by atoms with van der Waals surface area (Å²) in [5.41, 5.74) is 7.81. The van der Waals surface area contributed by atoms with Crippen LogP contribution in [0.15, 0.2) is 48.5 Å². The maximum absolute atomic E-state index is 11.4. The molecule has 0 unspecified atom stereocenters. The first-order valence-corrected chi connectivity index (χ1v) is 10.2. The van der Waals surface area contributed by atoms with Crippen LogP contribution in [0.25, 0.3) is 0 Å². The van der Waals surface area contributed by atoms with Crippen molar-refractivity contribution in [3.8, 4) is 11.5 Å². The topological polar surface area (TPSA) is 73.6 Å². The summed E-state index contributed by atoms with van der Waals surface area (Å²) in [6.07, 6.45) is 6.05. The van der Waals surface area contributed by atoms with Crippen molar-refractivity contribution in [2.45, 2.75) is 56.8 Å². The molecule has 1 amide bonds. The van der Waals surface area contributed by atoms with Crippen LogP contribution in [0.3, 0.4) is 0 Å². The third kappa shape index (κ3) is 5.43. The molecule has 29 heavy (non-hydrogen) atoms. The molecule has 0 spiro atoms. The van der Waals surface area contributed by atoms with Gasteiger partial charge in [-0.2, -0.15) is 0 Å². The monoisotopic (exact) mass is 416 g/mol. The molecule has 1 aliphatic carbocycles. The van der Waals surface area contributed by atoms with Crippen molar-refractivity contribution in [2.24, 2.45) is 5.73 Å². The summed E-state index contributed by atoms with van der Waals surface area (Å²) in [4.78, 5) is 11.4. The van der Waals surface area contributed by atoms with Gasteiger partial charge in [-0.15, -0.1) is 12.4 Å². The average molecular weight is 417 g/mol. The largest absolute Gasteiger partial charge is 0.490 e. The Bertz CT molecular complexity index is 807. The Kier molecular flexibility index (Phi) is 7.40. The van der Waals surface area contributed by atoms with E-state index in [1.165, 1.54) is 11.1 Å². The van der Waals surface area contributed by atoms with E-state index in [2.05, 4.69) is 35.6 Å². The van der Waals surface area contributed by atoms with Crippen LogP contribution in [0, 0.1) is 0 Å². The molecule has 2 aromatic carbocycles. The van der Waals surface area contributed by atoms with Crippen molar-refractivity contribution in [3.05, 3.63) is 59.7 Å². The number of hydrogen-bond acceptors (Lipinski definition) is 4. The molecule has 2 aromatic rings. The third-order valence-corrected chi connectivity index (χ3v) is 5.68. The van der Waals surface area contributed by atoms with Gasteiger partial charge >= 0.3 is 0 Å². The molecule has 1 heterocycles. The molecule has 2 aliphatic rings. The number of carbonyl (C=O) groups excluding carboxylic acids is 1. The summed E-state index contributed by atoms with van der Waals surface area (Å²) in [6, 6.07) is 16.8.